The van der Waals surface area contributed by atoms with Crippen LogP contribution in [0.15, 0.2) is 18.2 Å². The minimum Gasteiger partial charge on any atom is -0.273 e. The largest absolute Gasteiger partial charge is 0.273 e. The molecule has 0 radical (unpaired) electrons. The standard InChI is InChI=1S/C9H5Cl2NOS2/c10-5-2-1-3-6(11)8(5)12-7(13)4-15-9(12)14/h1-3H,4H2. The number of rotatable bonds is 1. The number of hydrogen-bond donors (Lipinski definition) is 0. The zero-order valence-electron chi connectivity index (χ0n) is 7.37. The van der Waals surface area contributed by atoms with Gasteiger partial charge in [0, 0.05) is 0 Å². The monoisotopic (exact) mass is 277 g/mol. The molecule has 78 valence electrons. The number of hydrogen-bond acceptors (Lipinski definition) is 3. The highest BCUT2D eigenvalue weighted by atomic mass is 35.5. The molecular formula is C9H5Cl2NOS2. The Morgan fingerprint density at radius 2 is 1.93 bits per heavy atom. The molecule has 1 fully saturated rings. The van der Waals surface area contributed by atoms with Crippen LogP contribution in [-0.2, 0) is 4.79 Å². The van der Waals surface area contributed by atoms with Gasteiger partial charge in [0.1, 0.15) is 4.32 Å². The third-order valence-corrected chi connectivity index (χ3v) is 3.88. The number of carbonyl (C=O) groups excluding carboxylic acids is 1. The van der Waals surface area contributed by atoms with E-state index in [9.17, 15) is 4.79 Å². The summed E-state index contributed by atoms with van der Waals surface area (Å²) in [5, 5.41) is 0.862. The molecule has 0 unspecified atom stereocenters. The molecule has 2 rings (SSSR count). The van der Waals surface area contributed by atoms with Crippen molar-refractivity contribution in [3.05, 3.63) is 28.2 Å². The molecule has 1 saturated heterocycles. The van der Waals surface area contributed by atoms with Crippen LogP contribution >= 0.6 is 47.2 Å². The van der Waals surface area contributed by atoms with E-state index in [1.165, 1.54) is 16.7 Å². The first-order chi connectivity index (χ1) is 7.11. The molecule has 0 bridgehead atoms. The van der Waals surface area contributed by atoms with Crippen molar-refractivity contribution < 1.29 is 4.79 Å². The highest BCUT2D eigenvalue weighted by molar-refractivity contribution is 8.24. The second kappa shape index (κ2) is 4.29. The molecule has 6 heteroatoms. The lowest BCUT2D eigenvalue weighted by molar-refractivity contribution is -0.115. The van der Waals surface area contributed by atoms with Gasteiger partial charge in [-0.2, -0.15) is 0 Å². The number of anilines is 1. The Balaban J connectivity index is 2.53. The smallest absolute Gasteiger partial charge is 0.243 e. The molecule has 1 aliphatic rings. The summed E-state index contributed by atoms with van der Waals surface area (Å²) in [4.78, 5) is 13.0. The molecule has 2 nitrogen and oxygen atoms in total. The fourth-order valence-corrected chi connectivity index (χ4v) is 2.91. The van der Waals surface area contributed by atoms with E-state index in [2.05, 4.69) is 0 Å². The first-order valence-electron chi connectivity index (χ1n) is 4.05. The molecule has 15 heavy (non-hydrogen) atoms. The van der Waals surface area contributed by atoms with Gasteiger partial charge in [-0.15, -0.1) is 0 Å². The summed E-state index contributed by atoms with van der Waals surface area (Å²) < 4.78 is 0.495. The van der Waals surface area contributed by atoms with Gasteiger partial charge < -0.3 is 0 Å². The first kappa shape index (κ1) is 11.2. The van der Waals surface area contributed by atoms with E-state index in [0.29, 0.717) is 25.8 Å². The van der Waals surface area contributed by atoms with Gasteiger partial charge in [0.25, 0.3) is 0 Å². The number of nitrogens with zero attached hydrogens (tertiary/aromatic N) is 1. The van der Waals surface area contributed by atoms with Crippen molar-refractivity contribution >= 4 is 63.1 Å². The van der Waals surface area contributed by atoms with E-state index in [4.69, 9.17) is 35.4 Å². The van der Waals surface area contributed by atoms with E-state index in [-0.39, 0.29) is 5.91 Å². The fraction of sp³-hybridized carbons (Fsp3) is 0.111. The van der Waals surface area contributed by atoms with E-state index in [1.807, 2.05) is 0 Å². The minimum atomic E-state index is -0.0833. The van der Waals surface area contributed by atoms with Crippen molar-refractivity contribution in [3.63, 3.8) is 0 Å². The van der Waals surface area contributed by atoms with Crippen molar-refractivity contribution in [1.29, 1.82) is 0 Å². The van der Waals surface area contributed by atoms with E-state index in [1.54, 1.807) is 18.2 Å². The van der Waals surface area contributed by atoms with Crippen LogP contribution in [-0.4, -0.2) is 16.0 Å². The van der Waals surface area contributed by atoms with Gasteiger partial charge in [-0.05, 0) is 12.1 Å². The highest BCUT2D eigenvalue weighted by Crippen LogP contribution is 2.37. The lowest BCUT2D eigenvalue weighted by Crippen LogP contribution is -2.28. The first-order valence-corrected chi connectivity index (χ1v) is 6.20. The van der Waals surface area contributed by atoms with Gasteiger partial charge in [-0.25, -0.2) is 0 Å². The zero-order chi connectivity index (χ0) is 11.0. The van der Waals surface area contributed by atoms with Crippen LogP contribution in [0.2, 0.25) is 10.0 Å². The quantitative estimate of drug-likeness (QED) is 0.735. The Morgan fingerprint density at radius 1 is 1.33 bits per heavy atom. The van der Waals surface area contributed by atoms with Crippen molar-refractivity contribution in [2.75, 3.05) is 10.7 Å². The molecule has 1 heterocycles. The van der Waals surface area contributed by atoms with Gasteiger partial charge in [0.05, 0.1) is 21.5 Å². The van der Waals surface area contributed by atoms with Crippen molar-refractivity contribution in [2.24, 2.45) is 0 Å². The van der Waals surface area contributed by atoms with Gasteiger partial charge in [-0.3, -0.25) is 9.69 Å². The van der Waals surface area contributed by atoms with E-state index >= 15 is 0 Å². The number of amides is 1. The number of carbonyl (C=O) groups is 1. The second-order valence-electron chi connectivity index (χ2n) is 2.85. The van der Waals surface area contributed by atoms with Crippen LogP contribution in [0, 0.1) is 0 Å². The van der Waals surface area contributed by atoms with Gasteiger partial charge in [-0.1, -0.05) is 53.2 Å². The van der Waals surface area contributed by atoms with Crippen molar-refractivity contribution in [1.82, 2.24) is 0 Å². The normalized spacial score (nSPS) is 16.3. The summed E-state index contributed by atoms with van der Waals surface area (Å²) in [5.41, 5.74) is 0.487. The van der Waals surface area contributed by atoms with Gasteiger partial charge in [0.2, 0.25) is 5.91 Å². The highest BCUT2D eigenvalue weighted by Gasteiger charge is 2.30. The lowest BCUT2D eigenvalue weighted by atomic mass is 10.3. The molecule has 0 spiro atoms. The molecule has 1 aromatic carbocycles. The van der Waals surface area contributed by atoms with E-state index < -0.39 is 0 Å². The SMILES string of the molecule is O=C1CSC(=S)N1c1c(Cl)cccc1Cl. The molecule has 0 saturated carbocycles. The Bertz CT molecular complexity index is 413. The summed E-state index contributed by atoms with van der Waals surface area (Å²) in [7, 11) is 0. The van der Waals surface area contributed by atoms with E-state index in [0.717, 1.165) is 0 Å². The maximum Gasteiger partial charge on any atom is 0.243 e. The minimum absolute atomic E-state index is 0.0833. The van der Waals surface area contributed by atoms with Crippen LogP contribution in [0.1, 0.15) is 0 Å². The maximum absolute atomic E-state index is 11.6. The third kappa shape index (κ3) is 1.99. The van der Waals surface area contributed by atoms with Gasteiger partial charge >= 0.3 is 0 Å². The molecule has 1 amide bonds. The summed E-state index contributed by atoms with van der Waals surface area (Å²) >= 11 is 18.4. The van der Waals surface area contributed by atoms with Crippen LogP contribution in [0.4, 0.5) is 5.69 Å². The average Bonchev–Trinajstić information content (AvgIpc) is 2.49. The van der Waals surface area contributed by atoms with Crippen molar-refractivity contribution in [3.8, 4) is 0 Å². The predicted molar refractivity (Wildman–Crippen MR) is 69.0 cm³/mol. The predicted octanol–water partition coefficient (Wildman–Crippen LogP) is 3.36. The number of thiocarbonyl (C=S) groups is 1. The molecule has 0 N–H and O–H groups in total. The maximum atomic E-state index is 11.6. The Labute approximate surface area is 107 Å². The summed E-state index contributed by atoms with van der Waals surface area (Å²) in [6, 6.07) is 5.09. The molecule has 1 aromatic rings. The van der Waals surface area contributed by atoms with Crippen LogP contribution in [0.3, 0.4) is 0 Å². The fourth-order valence-electron chi connectivity index (χ4n) is 1.27. The second-order valence-corrected chi connectivity index (χ2v) is 5.28. The van der Waals surface area contributed by atoms with Crippen LogP contribution in [0.25, 0.3) is 0 Å². The topological polar surface area (TPSA) is 20.3 Å². The number of para-hydroxylation sites is 1. The summed E-state index contributed by atoms with van der Waals surface area (Å²) in [5.74, 6) is 0.264. The summed E-state index contributed by atoms with van der Waals surface area (Å²) in [6.45, 7) is 0. The lowest BCUT2D eigenvalue weighted by Gasteiger charge is -2.17. The molecular weight excluding hydrogens is 273 g/mol. The Morgan fingerprint density at radius 3 is 2.40 bits per heavy atom. The Kier molecular flexibility index (Phi) is 3.21. The molecule has 1 aliphatic heterocycles. The molecule has 0 atom stereocenters. The molecule has 0 aromatic heterocycles. The third-order valence-electron chi connectivity index (χ3n) is 1.91. The molecule has 0 aliphatic carbocycles. The average molecular weight is 278 g/mol. The zero-order valence-corrected chi connectivity index (χ0v) is 10.5. The number of benzene rings is 1. The summed E-state index contributed by atoms with van der Waals surface area (Å²) in [6.07, 6.45) is 0. The number of halogens is 2. The van der Waals surface area contributed by atoms with Crippen LogP contribution in [0.5, 0.6) is 0 Å². The Hall–Kier alpha value is -0.290. The van der Waals surface area contributed by atoms with Gasteiger partial charge in [0.15, 0.2) is 0 Å². The van der Waals surface area contributed by atoms with Crippen molar-refractivity contribution in [2.45, 2.75) is 0 Å². The number of thioether (sulfide) groups is 1. The van der Waals surface area contributed by atoms with Crippen LogP contribution < -0.4 is 4.90 Å².